The van der Waals surface area contributed by atoms with Gasteiger partial charge >= 0.3 is 0 Å². The molecule has 1 fully saturated rings. The second kappa shape index (κ2) is 3.00. The summed E-state index contributed by atoms with van der Waals surface area (Å²) in [6.07, 6.45) is 1.17. The van der Waals surface area contributed by atoms with Crippen LogP contribution in [0.4, 0.5) is 0 Å². The van der Waals surface area contributed by atoms with Crippen LogP contribution >= 0.6 is 11.6 Å². The average Bonchev–Trinajstić information content (AvgIpc) is 2.79. The minimum absolute atomic E-state index is 0.179. The number of benzene rings is 1. The summed E-state index contributed by atoms with van der Waals surface area (Å²) < 4.78 is 0. The van der Waals surface area contributed by atoms with Crippen LogP contribution in [0, 0.1) is 5.92 Å². The third-order valence-corrected chi connectivity index (χ3v) is 3.56. The zero-order valence-electron chi connectivity index (χ0n) is 7.76. The van der Waals surface area contributed by atoms with Crippen LogP contribution in [-0.4, -0.2) is 6.54 Å². The van der Waals surface area contributed by atoms with E-state index in [-0.39, 0.29) is 5.41 Å². The van der Waals surface area contributed by atoms with Gasteiger partial charge in [0.05, 0.1) is 0 Å². The molecule has 2 N–H and O–H groups in total. The third kappa shape index (κ3) is 1.27. The van der Waals surface area contributed by atoms with Crippen molar-refractivity contribution in [2.45, 2.75) is 18.8 Å². The normalized spacial score (nSPS) is 31.8. The second-order valence-electron chi connectivity index (χ2n) is 3.95. The van der Waals surface area contributed by atoms with Crippen molar-refractivity contribution in [3.05, 3.63) is 34.9 Å². The van der Waals surface area contributed by atoms with Crippen molar-refractivity contribution in [1.29, 1.82) is 0 Å². The smallest absolute Gasteiger partial charge is 0.0444 e. The molecule has 0 heterocycles. The summed E-state index contributed by atoms with van der Waals surface area (Å²) >= 11 is 6.14. The van der Waals surface area contributed by atoms with Crippen molar-refractivity contribution in [2.24, 2.45) is 11.7 Å². The molecule has 1 aliphatic rings. The summed E-state index contributed by atoms with van der Waals surface area (Å²) in [6.45, 7) is 2.94. The summed E-state index contributed by atoms with van der Waals surface area (Å²) in [5.41, 5.74) is 7.21. The Labute approximate surface area is 83.9 Å². The molecular formula is C11H14ClN. The van der Waals surface area contributed by atoms with Crippen LogP contribution in [-0.2, 0) is 5.41 Å². The number of nitrogens with two attached hydrogens (primary N) is 1. The highest BCUT2D eigenvalue weighted by Crippen LogP contribution is 2.54. The monoisotopic (exact) mass is 195 g/mol. The van der Waals surface area contributed by atoms with Gasteiger partial charge in [0.1, 0.15) is 0 Å². The Bertz CT molecular complexity index is 320. The number of rotatable bonds is 2. The van der Waals surface area contributed by atoms with E-state index in [2.05, 4.69) is 13.0 Å². The van der Waals surface area contributed by atoms with E-state index in [0.717, 1.165) is 5.02 Å². The summed E-state index contributed by atoms with van der Waals surface area (Å²) in [6, 6.07) is 8.03. The predicted octanol–water partition coefficient (Wildman–Crippen LogP) is 2.58. The highest BCUT2D eigenvalue weighted by molar-refractivity contribution is 6.31. The van der Waals surface area contributed by atoms with Gasteiger partial charge in [-0.1, -0.05) is 36.7 Å². The molecule has 0 saturated heterocycles. The molecule has 2 atom stereocenters. The molecule has 0 bridgehead atoms. The van der Waals surface area contributed by atoms with Crippen molar-refractivity contribution in [1.82, 2.24) is 0 Å². The van der Waals surface area contributed by atoms with Gasteiger partial charge in [-0.2, -0.15) is 0 Å². The fourth-order valence-electron chi connectivity index (χ4n) is 2.12. The van der Waals surface area contributed by atoms with Crippen LogP contribution in [0.15, 0.2) is 24.3 Å². The van der Waals surface area contributed by atoms with Crippen molar-refractivity contribution >= 4 is 11.6 Å². The molecule has 1 aromatic rings. The summed E-state index contributed by atoms with van der Waals surface area (Å²) in [5.74, 6) is 0.678. The van der Waals surface area contributed by atoms with Crippen LogP contribution in [0.25, 0.3) is 0 Å². The topological polar surface area (TPSA) is 26.0 Å². The van der Waals surface area contributed by atoms with Gasteiger partial charge in [-0.3, -0.25) is 0 Å². The van der Waals surface area contributed by atoms with Gasteiger partial charge in [-0.05, 0) is 24.0 Å². The molecule has 13 heavy (non-hydrogen) atoms. The maximum absolute atomic E-state index is 6.14. The standard InChI is InChI=1S/C11H14ClN/c1-8-6-11(8,7-13)9-4-2-3-5-10(9)12/h2-5,8H,6-7,13H2,1H3. The maximum Gasteiger partial charge on any atom is 0.0444 e. The Balaban J connectivity index is 2.41. The van der Waals surface area contributed by atoms with Crippen molar-refractivity contribution in [3.63, 3.8) is 0 Å². The molecular weight excluding hydrogens is 182 g/mol. The largest absolute Gasteiger partial charge is 0.330 e. The molecule has 0 aliphatic heterocycles. The molecule has 1 aromatic carbocycles. The molecule has 1 saturated carbocycles. The zero-order valence-corrected chi connectivity index (χ0v) is 8.51. The Kier molecular flexibility index (Phi) is 2.09. The molecule has 0 aromatic heterocycles. The van der Waals surface area contributed by atoms with Crippen LogP contribution in [0.1, 0.15) is 18.9 Å². The van der Waals surface area contributed by atoms with Gasteiger partial charge < -0.3 is 5.73 Å². The molecule has 0 spiro atoms. The first-order valence-electron chi connectivity index (χ1n) is 4.66. The first-order valence-corrected chi connectivity index (χ1v) is 5.03. The van der Waals surface area contributed by atoms with E-state index in [4.69, 9.17) is 17.3 Å². The average molecular weight is 196 g/mol. The maximum atomic E-state index is 6.14. The lowest BCUT2D eigenvalue weighted by Gasteiger charge is -2.15. The van der Waals surface area contributed by atoms with Crippen LogP contribution in [0.3, 0.4) is 0 Å². The molecule has 70 valence electrons. The van der Waals surface area contributed by atoms with E-state index in [0.29, 0.717) is 12.5 Å². The molecule has 2 heteroatoms. The lowest BCUT2D eigenvalue weighted by molar-refractivity contribution is 0.642. The highest BCUT2D eigenvalue weighted by Gasteiger charge is 2.51. The van der Waals surface area contributed by atoms with E-state index >= 15 is 0 Å². The van der Waals surface area contributed by atoms with E-state index in [1.807, 2.05) is 18.2 Å². The van der Waals surface area contributed by atoms with E-state index < -0.39 is 0 Å². The van der Waals surface area contributed by atoms with Gasteiger partial charge in [0.25, 0.3) is 0 Å². The van der Waals surface area contributed by atoms with Crippen molar-refractivity contribution < 1.29 is 0 Å². The van der Waals surface area contributed by atoms with Gasteiger partial charge in [-0.25, -0.2) is 0 Å². The Morgan fingerprint density at radius 2 is 2.15 bits per heavy atom. The zero-order chi connectivity index (χ0) is 9.47. The first kappa shape index (κ1) is 9.04. The SMILES string of the molecule is CC1CC1(CN)c1ccccc1Cl. The minimum Gasteiger partial charge on any atom is -0.330 e. The van der Waals surface area contributed by atoms with E-state index in [9.17, 15) is 0 Å². The first-order chi connectivity index (χ1) is 6.20. The molecule has 2 unspecified atom stereocenters. The van der Waals surface area contributed by atoms with Crippen molar-refractivity contribution in [2.75, 3.05) is 6.54 Å². The molecule has 0 amide bonds. The quantitative estimate of drug-likeness (QED) is 0.772. The number of hydrogen-bond donors (Lipinski definition) is 1. The summed E-state index contributed by atoms with van der Waals surface area (Å²) in [5, 5.41) is 0.859. The fraction of sp³-hybridized carbons (Fsp3) is 0.455. The van der Waals surface area contributed by atoms with Gasteiger partial charge in [0.15, 0.2) is 0 Å². The Hall–Kier alpha value is -0.530. The van der Waals surface area contributed by atoms with E-state index in [1.54, 1.807) is 0 Å². The number of halogens is 1. The lowest BCUT2D eigenvalue weighted by Crippen LogP contribution is -2.22. The third-order valence-electron chi connectivity index (χ3n) is 3.23. The van der Waals surface area contributed by atoms with Crippen LogP contribution in [0.2, 0.25) is 5.02 Å². The van der Waals surface area contributed by atoms with Crippen LogP contribution < -0.4 is 5.73 Å². The van der Waals surface area contributed by atoms with Gasteiger partial charge in [-0.15, -0.1) is 0 Å². The molecule has 1 nitrogen and oxygen atoms in total. The van der Waals surface area contributed by atoms with Crippen LogP contribution in [0.5, 0.6) is 0 Å². The Morgan fingerprint density at radius 3 is 2.62 bits per heavy atom. The van der Waals surface area contributed by atoms with Crippen molar-refractivity contribution in [3.8, 4) is 0 Å². The van der Waals surface area contributed by atoms with Gasteiger partial charge in [0, 0.05) is 17.0 Å². The highest BCUT2D eigenvalue weighted by atomic mass is 35.5. The minimum atomic E-state index is 0.179. The molecule has 2 rings (SSSR count). The Morgan fingerprint density at radius 1 is 1.54 bits per heavy atom. The summed E-state index contributed by atoms with van der Waals surface area (Å²) in [4.78, 5) is 0. The van der Waals surface area contributed by atoms with E-state index in [1.165, 1.54) is 12.0 Å². The molecule has 1 aliphatic carbocycles. The second-order valence-corrected chi connectivity index (χ2v) is 4.35. The summed E-state index contributed by atoms with van der Waals surface area (Å²) in [7, 11) is 0. The lowest BCUT2D eigenvalue weighted by atomic mass is 9.94. The van der Waals surface area contributed by atoms with Gasteiger partial charge in [0.2, 0.25) is 0 Å². The predicted molar refractivity (Wildman–Crippen MR) is 56.0 cm³/mol. The number of hydrogen-bond acceptors (Lipinski definition) is 1. The fourth-order valence-corrected chi connectivity index (χ4v) is 2.45. The molecule has 0 radical (unpaired) electrons.